The lowest BCUT2D eigenvalue weighted by Gasteiger charge is -2.07. The molecule has 0 bridgehead atoms. The van der Waals surface area contributed by atoms with E-state index in [9.17, 15) is 13.2 Å². The number of carbonyl (C=O) groups excluding carboxylic acids is 1. The van der Waals surface area contributed by atoms with Gasteiger partial charge in [0.25, 0.3) is 9.05 Å². The minimum absolute atomic E-state index is 0.0173. The minimum atomic E-state index is -3.87. The van der Waals surface area contributed by atoms with Crippen molar-refractivity contribution in [2.75, 3.05) is 5.32 Å². The number of nitrogens with zero attached hydrogens (tertiary/aromatic N) is 1. The number of benzene rings is 1. The molecule has 22 heavy (non-hydrogen) atoms. The Kier molecular flexibility index (Phi) is 4.58. The van der Waals surface area contributed by atoms with Crippen LogP contribution in [0.25, 0.3) is 11.1 Å². The summed E-state index contributed by atoms with van der Waals surface area (Å²) in [4.78, 5) is 11.3. The molecule has 0 saturated carbocycles. The first-order valence-electron chi connectivity index (χ1n) is 6.55. The van der Waals surface area contributed by atoms with E-state index in [4.69, 9.17) is 15.2 Å². The third-order valence-electron chi connectivity index (χ3n) is 3.13. The fourth-order valence-corrected chi connectivity index (χ4v) is 3.34. The molecule has 1 aromatic carbocycles. The molecule has 8 heteroatoms. The van der Waals surface area contributed by atoms with E-state index in [2.05, 4.69) is 10.5 Å². The Hall–Kier alpha value is -1.86. The largest absolute Gasteiger partial charge is 0.337 e. The number of hydrogen-bond donors (Lipinski definition) is 1. The maximum atomic E-state index is 11.6. The second kappa shape index (κ2) is 6.10. The summed E-state index contributed by atoms with van der Waals surface area (Å²) in [6.07, 6.45) is 0.565. The maximum Gasteiger partial charge on any atom is 0.261 e. The Bertz CT molecular complexity index is 827. The standard InChI is InChI=1S/C14H15ClN2O4S/c1-4-11-13(14(21-17-11)16-9(3)18)10-6-5-8(2)12(7-10)22(15,19)20/h5-7H,4H2,1-3H3,(H,16,18). The van der Waals surface area contributed by atoms with E-state index in [0.29, 0.717) is 28.8 Å². The van der Waals surface area contributed by atoms with Gasteiger partial charge < -0.3 is 4.52 Å². The number of amides is 1. The van der Waals surface area contributed by atoms with Gasteiger partial charge in [-0.1, -0.05) is 24.2 Å². The normalized spacial score (nSPS) is 11.5. The van der Waals surface area contributed by atoms with Crippen LogP contribution in [0.15, 0.2) is 27.6 Å². The zero-order chi connectivity index (χ0) is 16.5. The predicted molar refractivity (Wildman–Crippen MR) is 83.4 cm³/mol. The summed E-state index contributed by atoms with van der Waals surface area (Å²) in [5.74, 6) is -0.122. The van der Waals surface area contributed by atoms with Crippen LogP contribution < -0.4 is 5.32 Å². The number of carbonyl (C=O) groups is 1. The van der Waals surface area contributed by atoms with Gasteiger partial charge in [0.2, 0.25) is 11.8 Å². The summed E-state index contributed by atoms with van der Waals surface area (Å²) in [7, 11) is 1.59. The van der Waals surface area contributed by atoms with Crippen molar-refractivity contribution in [3.8, 4) is 11.1 Å². The molecule has 6 nitrogen and oxygen atoms in total. The molecule has 0 radical (unpaired) electrons. The molecule has 1 heterocycles. The quantitative estimate of drug-likeness (QED) is 0.862. The number of hydrogen-bond acceptors (Lipinski definition) is 5. The second-order valence-electron chi connectivity index (χ2n) is 4.79. The van der Waals surface area contributed by atoms with Crippen molar-refractivity contribution in [3.63, 3.8) is 0 Å². The first kappa shape index (κ1) is 16.5. The molecule has 2 aromatic rings. The Balaban J connectivity index is 2.66. The zero-order valence-electron chi connectivity index (χ0n) is 12.3. The Labute approximate surface area is 132 Å². The van der Waals surface area contributed by atoms with Crippen LogP contribution >= 0.6 is 10.7 Å². The summed E-state index contributed by atoms with van der Waals surface area (Å²) in [6.45, 7) is 4.89. The van der Waals surface area contributed by atoms with Gasteiger partial charge in [-0.3, -0.25) is 10.1 Å². The van der Waals surface area contributed by atoms with Gasteiger partial charge in [-0.25, -0.2) is 8.42 Å². The van der Waals surface area contributed by atoms with Gasteiger partial charge in [-0.15, -0.1) is 0 Å². The molecule has 0 saturated heterocycles. The second-order valence-corrected chi connectivity index (χ2v) is 7.32. The summed E-state index contributed by atoms with van der Waals surface area (Å²) >= 11 is 0. The summed E-state index contributed by atoms with van der Waals surface area (Å²) in [5.41, 5.74) is 2.27. The summed E-state index contributed by atoms with van der Waals surface area (Å²) in [5, 5.41) is 6.46. The summed E-state index contributed by atoms with van der Waals surface area (Å²) < 4.78 is 28.4. The molecular weight excluding hydrogens is 328 g/mol. The van der Waals surface area contributed by atoms with E-state index in [-0.39, 0.29) is 16.7 Å². The average Bonchev–Trinajstić information content (AvgIpc) is 2.80. The molecule has 1 aromatic heterocycles. The van der Waals surface area contributed by atoms with Crippen LogP contribution in [0.5, 0.6) is 0 Å². The molecule has 2 rings (SSSR count). The molecule has 1 amide bonds. The first-order chi connectivity index (χ1) is 10.2. The molecule has 0 aliphatic carbocycles. The van der Waals surface area contributed by atoms with Gasteiger partial charge in [0.05, 0.1) is 16.2 Å². The fourth-order valence-electron chi connectivity index (χ4n) is 2.13. The smallest absolute Gasteiger partial charge is 0.261 e. The van der Waals surface area contributed by atoms with Crippen LogP contribution in [0, 0.1) is 6.92 Å². The topological polar surface area (TPSA) is 89.3 Å². The predicted octanol–water partition coefficient (Wildman–Crippen LogP) is 3.10. The highest BCUT2D eigenvalue weighted by atomic mass is 35.7. The van der Waals surface area contributed by atoms with E-state index in [1.807, 2.05) is 6.92 Å². The lowest BCUT2D eigenvalue weighted by Crippen LogP contribution is -2.06. The maximum absolute atomic E-state index is 11.6. The van der Waals surface area contributed by atoms with Crippen LogP contribution in [0.1, 0.15) is 25.1 Å². The molecule has 0 aliphatic heterocycles. The van der Waals surface area contributed by atoms with E-state index in [0.717, 1.165) is 0 Å². The summed E-state index contributed by atoms with van der Waals surface area (Å²) in [6, 6.07) is 4.83. The third kappa shape index (κ3) is 3.31. The van der Waals surface area contributed by atoms with E-state index < -0.39 is 9.05 Å². The highest BCUT2D eigenvalue weighted by Crippen LogP contribution is 2.34. The zero-order valence-corrected chi connectivity index (χ0v) is 13.9. The van der Waals surface area contributed by atoms with Gasteiger partial charge in [0.15, 0.2) is 0 Å². The lowest BCUT2D eigenvalue weighted by atomic mass is 10.0. The molecule has 0 atom stereocenters. The van der Waals surface area contributed by atoms with E-state index in [1.54, 1.807) is 19.1 Å². The average molecular weight is 343 g/mol. The number of halogens is 1. The molecule has 1 N–H and O–H groups in total. The molecular formula is C14H15ClN2O4S. The van der Waals surface area contributed by atoms with Crippen molar-refractivity contribution in [2.24, 2.45) is 0 Å². The van der Waals surface area contributed by atoms with Gasteiger partial charge >= 0.3 is 0 Å². The van der Waals surface area contributed by atoms with E-state index >= 15 is 0 Å². The van der Waals surface area contributed by atoms with Gasteiger partial charge in [-0.05, 0) is 30.5 Å². The lowest BCUT2D eigenvalue weighted by molar-refractivity contribution is -0.114. The van der Waals surface area contributed by atoms with Crippen molar-refractivity contribution in [1.29, 1.82) is 0 Å². The Morgan fingerprint density at radius 2 is 2.09 bits per heavy atom. The van der Waals surface area contributed by atoms with Crippen LogP contribution in [-0.2, 0) is 20.3 Å². The number of nitrogens with one attached hydrogen (secondary N) is 1. The number of anilines is 1. The minimum Gasteiger partial charge on any atom is -0.337 e. The van der Waals surface area contributed by atoms with Crippen molar-refractivity contribution in [2.45, 2.75) is 32.1 Å². The third-order valence-corrected chi connectivity index (χ3v) is 4.59. The van der Waals surface area contributed by atoms with Crippen LogP contribution in [0.2, 0.25) is 0 Å². The van der Waals surface area contributed by atoms with Crippen LogP contribution in [-0.4, -0.2) is 19.5 Å². The molecule has 0 spiro atoms. The first-order valence-corrected chi connectivity index (χ1v) is 8.86. The fraction of sp³-hybridized carbons (Fsp3) is 0.286. The SMILES string of the molecule is CCc1noc(NC(C)=O)c1-c1ccc(C)c(S(=O)(=O)Cl)c1. The van der Waals surface area contributed by atoms with E-state index in [1.165, 1.54) is 13.0 Å². The van der Waals surface area contributed by atoms with Crippen LogP contribution in [0.4, 0.5) is 5.88 Å². The van der Waals surface area contributed by atoms with Crippen molar-refractivity contribution >= 4 is 31.5 Å². The monoisotopic (exact) mass is 342 g/mol. The molecule has 0 aliphatic rings. The Morgan fingerprint density at radius 3 is 2.64 bits per heavy atom. The van der Waals surface area contributed by atoms with Crippen molar-refractivity contribution < 1.29 is 17.7 Å². The number of aromatic nitrogens is 1. The molecule has 0 fully saturated rings. The number of aryl methyl sites for hydroxylation is 2. The molecule has 0 unspecified atom stereocenters. The highest BCUT2D eigenvalue weighted by Gasteiger charge is 2.21. The highest BCUT2D eigenvalue weighted by molar-refractivity contribution is 8.13. The van der Waals surface area contributed by atoms with Gasteiger partial charge in [-0.2, -0.15) is 0 Å². The Morgan fingerprint density at radius 1 is 1.41 bits per heavy atom. The molecule has 118 valence electrons. The van der Waals surface area contributed by atoms with Gasteiger partial charge in [0, 0.05) is 17.6 Å². The number of rotatable bonds is 4. The van der Waals surface area contributed by atoms with Crippen molar-refractivity contribution in [1.82, 2.24) is 5.16 Å². The van der Waals surface area contributed by atoms with Gasteiger partial charge in [0.1, 0.15) is 0 Å². The van der Waals surface area contributed by atoms with Crippen LogP contribution in [0.3, 0.4) is 0 Å². The van der Waals surface area contributed by atoms with Crippen molar-refractivity contribution in [3.05, 3.63) is 29.5 Å².